The first-order valence-electron chi connectivity index (χ1n) is 4.51. The van der Waals surface area contributed by atoms with Crippen LogP contribution in [0.5, 0.6) is 0 Å². The van der Waals surface area contributed by atoms with Gasteiger partial charge in [-0.25, -0.2) is 0 Å². The zero-order valence-electron chi connectivity index (χ0n) is 7.75. The van der Waals surface area contributed by atoms with Gasteiger partial charge in [-0.1, -0.05) is 12.1 Å². The third-order valence-electron chi connectivity index (χ3n) is 2.74. The predicted molar refractivity (Wildman–Crippen MR) is 48.3 cm³/mol. The van der Waals surface area contributed by atoms with Gasteiger partial charge < -0.3 is 15.0 Å². The maximum Gasteiger partial charge on any atom is 0.165 e. The highest BCUT2D eigenvalue weighted by atomic mass is 16.5. The minimum absolute atomic E-state index is 0.0127. The molecule has 0 radical (unpaired) electrons. The second kappa shape index (κ2) is 3.03. The van der Waals surface area contributed by atoms with Gasteiger partial charge in [-0.3, -0.25) is 0 Å². The average molecular weight is 182 g/mol. The van der Waals surface area contributed by atoms with Gasteiger partial charge in [-0.05, 0) is 12.8 Å². The second-order valence-electron chi connectivity index (χ2n) is 3.78. The largest absolute Gasteiger partial charge is 0.395 e. The molecule has 0 atom stereocenters. The van der Waals surface area contributed by atoms with E-state index < -0.39 is 0 Å². The summed E-state index contributed by atoms with van der Waals surface area (Å²) in [6, 6.07) is 0. The van der Waals surface area contributed by atoms with Gasteiger partial charge in [0.1, 0.15) is 0 Å². The van der Waals surface area contributed by atoms with Crippen LogP contribution in [0, 0.1) is 0 Å². The summed E-state index contributed by atoms with van der Waals surface area (Å²) in [6.07, 6.45) is 3.47. The summed E-state index contributed by atoms with van der Waals surface area (Å²) in [7, 11) is 0. The Morgan fingerprint density at radius 1 is 1.46 bits per heavy atom. The number of nitrogens with zero attached hydrogens (tertiary/aromatic N) is 1. The second-order valence-corrected chi connectivity index (χ2v) is 3.78. The van der Waals surface area contributed by atoms with Gasteiger partial charge in [0.05, 0.1) is 11.9 Å². The maximum absolute atomic E-state index is 5.76. The molecule has 72 valence electrons. The Balaban J connectivity index is 2.27. The molecule has 0 aromatic carbocycles. The highest BCUT2D eigenvalue weighted by Crippen LogP contribution is 2.36. The summed E-state index contributed by atoms with van der Waals surface area (Å²) < 4.78 is 10.5. The van der Waals surface area contributed by atoms with Crippen LogP contribution in [0.3, 0.4) is 0 Å². The molecule has 0 spiro atoms. The summed E-state index contributed by atoms with van der Waals surface area (Å²) in [5.41, 5.74) is 6.43. The molecule has 1 saturated heterocycles. The van der Waals surface area contributed by atoms with Crippen LogP contribution in [0.4, 0.5) is 5.69 Å². The molecule has 2 rings (SSSR count). The monoisotopic (exact) mass is 182 g/mol. The molecule has 2 N–H and O–H groups in total. The lowest BCUT2D eigenvalue weighted by atomic mass is 9.79. The summed E-state index contributed by atoms with van der Waals surface area (Å²) in [6.45, 7) is 3.69. The van der Waals surface area contributed by atoms with Gasteiger partial charge in [0.25, 0.3) is 0 Å². The molecule has 0 aliphatic carbocycles. The van der Waals surface area contributed by atoms with E-state index in [4.69, 9.17) is 15.0 Å². The number of nitrogens with two attached hydrogens (primary N) is 1. The van der Waals surface area contributed by atoms with E-state index in [1.165, 1.54) is 0 Å². The van der Waals surface area contributed by atoms with E-state index in [1.807, 2.05) is 0 Å². The quantitative estimate of drug-likeness (QED) is 0.711. The summed E-state index contributed by atoms with van der Waals surface area (Å²) in [5, 5.41) is 3.70. The van der Waals surface area contributed by atoms with E-state index in [0.717, 1.165) is 31.8 Å². The number of anilines is 1. The highest BCUT2D eigenvalue weighted by molar-refractivity contribution is 5.42. The van der Waals surface area contributed by atoms with Gasteiger partial charge in [0.15, 0.2) is 5.76 Å². The Morgan fingerprint density at radius 2 is 2.15 bits per heavy atom. The standard InChI is InChI=1S/C9H14N2O2/c1-9(2-4-12-5-3-9)8-7(10)6-11-13-8/h6H,2-5,10H2,1H3. The first-order chi connectivity index (χ1) is 6.22. The minimum atomic E-state index is 0.0127. The Bertz CT molecular complexity index is 290. The molecular formula is C9H14N2O2. The van der Waals surface area contributed by atoms with Gasteiger partial charge in [-0.2, -0.15) is 0 Å². The minimum Gasteiger partial charge on any atom is -0.395 e. The van der Waals surface area contributed by atoms with Crippen LogP contribution in [0.15, 0.2) is 10.7 Å². The molecule has 1 aliphatic heterocycles. The molecular weight excluding hydrogens is 168 g/mol. The number of ether oxygens (including phenoxy) is 1. The molecule has 0 amide bonds. The van der Waals surface area contributed by atoms with Crippen LogP contribution in [0.2, 0.25) is 0 Å². The van der Waals surface area contributed by atoms with E-state index in [0.29, 0.717) is 5.69 Å². The molecule has 4 nitrogen and oxygen atoms in total. The molecule has 4 heteroatoms. The molecule has 13 heavy (non-hydrogen) atoms. The zero-order chi connectivity index (χ0) is 9.31. The molecule has 0 bridgehead atoms. The fourth-order valence-electron chi connectivity index (χ4n) is 1.75. The van der Waals surface area contributed by atoms with Crippen molar-refractivity contribution in [3.05, 3.63) is 12.0 Å². The smallest absolute Gasteiger partial charge is 0.165 e. The van der Waals surface area contributed by atoms with E-state index in [1.54, 1.807) is 6.20 Å². The van der Waals surface area contributed by atoms with Gasteiger partial charge in [0, 0.05) is 18.6 Å². The lowest BCUT2D eigenvalue weighted by Crippen LogP contribution is -2.30. The summed E-state index contributed by atoms with van der Waals surface area (Å²) in [5.74, 6) is 0.816. The van der Waals surface area contributed by atoms with E-state index in [-0.39, 0.29) is 5.41 Å². The Kier molecular flexibility index (Phi) is 2.00. The average Bonchev–Trinajstić information content (AvgIpc) is 2.53. The van der Waals surface area contributed by atoms with Crippen LogP contribution >= 0.6 is 0 Å². The third-order valence-corrected chi connectivity index (χ3v) is 2.74. The molecule has 0 saturated carbocycles. The topological polar surface area (TPSA) is 61.3 Å². The molecule has 2 heterocycles. The maximum atomic E-state index is 5.76. The lowest BCUT2D eigenvalue weighted by molar-refractivity contribution is 0.0470. The number of nitrogen functional groups attached to an aromatic ring is 1. The van der Waals surface area contributed by atoms with Crippen molar-refractivity contribution in [2.45, 2.75) is 25.2 Å². The first-order valence-corrected chi connectivity index (χ1v) is 4.51. The lowest BCUT2D eigenvalue weighted by Gasteiger charge is -2.31. The fraction of sp³-hybridized carbons (Fsp3) is 0.667. The van der Waals surface area contributed by atoms with Crippen molar-refractivity contribution in [2.75, 3.05) is 18.9 Å². The zero-order valence-corrected chi connectivity index (χ0v) is 7.75. The Hall–Kier alpha value is -1.03. The third kappa shape index (κ3) is 1.42. The Labute approximate surface area is 77.0 Å². The SMILES string of the molecule is CC1(c2oncc2N)CCOCC1. The van der Waals surface area contributed by atoms with Gasteiger partial charge in [-0.15, -0.1) is 0 Å². The van der Waals surface area contributed by atoms with Gasteiger partial charge in [0.2, 0.25) is 0 Å². The molecule has 1 aromatic rings. The summed E-state index contributed by atoms with van der Waals surface area (Å²) in [4.78, 5) is 0. The van der Waals surface area contributed by atoms with Crippen molar-refractivity contribution in [3.63, 3.8) is 0 Å². The number of hydrogen-bond acceptors (Lipinski definition) is 4. The van der Waals surface area contributed by atoms with Crippen molar-refractivity contribution in [1.82, 2.24) is 5.16 Å². The number of aromatic nitrogens is 1. The first kappa shape index (κ1) is 8.56. The van der Waals surface area contributed by atoms with Crippen LogP contribution in [0.25, 0.3) is 0 Å². The predicted octanol–water partition coefficient (Wildman–Crippen LogP) is 1.32. The van der Waals surface area contributed by atoms with Crippen molar-refractivity contribution in [3.8, 4) is 0 Å². The highest BCUT2D eigenvalue weighted by Gasteiger charge is 2.34. The normalized spacial score (nSPS) is 21.6. The van der Waals surface area contributed by atoms with Crippen LogP contribution in [-0.2, 0) is 10.2 Å². The molecule has 1 fully saturated rings. The fourth-order valence-corrected chi connectivity index (χ4v) is 1.75. The molecule has 1 aliphatic rings. The summed E-state index contributed by atoms with van der Waals surface area (Å²) >= 11 is 0. The van der Waals surface area contributed by atoms with E-state index >= 15 is 0 Å². The van der Waals surface area contributed by atoms with Crippen LogP contribution < -0.4 is 5.73 Å². The van der Waals surface area contributed by atoms with Crippen molar-refractivity contribution >= 4 is 5.69 Å². The van der Waals surface area contributed by atoms with Crippen LogP contribution in [0.1, 0.15) is 25.5 Å². The van der Waals surface area contributed by atoms with Gasteiger partial charge >= 0.3 is 0 Å². The molecule has 0 unspecified atom stereocenters. The van der Waals surface area contributed by atoms with Crippen molar-refractivity contribution in [2.24, 2.45) is 0 Å². The molecule has 1 aromatic heterocycles. The van der Waals surface area contributed by atoms with Crippen LogP contribution in [-0.4, -0.2) is 18.4 Å². The van der Waals surface area contributed by atoms with E-state index in [9.17, 15) is 0 Å². The Morgan fingerprint density at radius 3 is 2.69 bits per heavy atom. The number of hydrogen-bond donors (Lipinski definition) is 1. The van der Waals surface area contributed by atoms with Crippen molar-refractivity contribution < 1.29 is 9.26 Å². The van der Waals surface area contributed by atoms with E-state index in [2.05, 4.69) is 12.1 Å². The van der Waals surface area contributed by atoms with Crippen molar-refractivity contribution in [1.29, 1.82) is 0 Å². The number of rotatable bonds is 1.